The van der Waals surface area contributed by atoms with E-state index >= 15 is 0 Å². The molecule has 13 aromatic rings. The molecule has 1 atom stereocenters. The van der Waals surface area contributed by atoms with Crippen molar-refractivity contribution in [1.82, 2.24) is 29.9 Å². The summed E-state index contributed by atoms with van der Waals surface area (Å²) in [4.78, 5) is 30.6. The van der Waals surface area contributed by atoms with Gasteiger partial charge in [0.2, 0.25) is 0 Å². The highest BCUT2D eigenvalue weighted by atomic mass is 16.5. The Morgan fingerprint density at radius 2 is 0.848 bits per heavy atom. The Hall–Kier alpha value is -10.2. The number of benzene rings is 10. The van der Waals surface area contributed by atoms with Crippen molar-refractivity contribution in [2.75, 3.05) is 0 Å². The zero-order chi connectivity index (χ0) is 52.4. The molecule has 0 radical (unpaired) electrons. The van der Waals surface area contributed by atoms with Crippen LogP contribution in [0, 0.1) is 0 Å². The van der Waals surface area contributed by atoms with Crippen LogP contribution in [0.4, 0.5) is 0 Å². The van der Waals surface area contributed by atoms with Gasteiger partial charge in [0.05, 0.1) is 5.41 Å². The SMILES string of the molecule is CCCCc1ccc2c(c1)C1(c3ccccc3Oc3cc(-c4nc(-c5ccccc5)nc(-c5ccccc5)n4)ccc31)c1cc(-c3ccc4oc5cccc(-c6nc(-c7ccccc7)nc(-c7ccccc7)n6)c5c4c3)ccc1-2. The van der Waals surface area contributed by atoms with Crippen molar-refractivity contribution in [1.29, 1.82) is 0 Å². The fourth-order valence-electron chi connectivity index (χ4n) is 11.9. The lowest BCUT2D eigenvalue weighted by molar-refractivity contribution is 0.436. The summed E-state index contributed by atoms with van der Waals surface area (Å²) in [5, 5.41) is 1.92. The van der Waals surface area contributed by atoms with Crippen LogP contribution in [0.1, 0.15) is 47.6 Å². The largest absolute Gasteiger partial charge is 0.457 e. The second-order valence-electron chi connectivity index (χ2n) is 20.4. The van der Waals surface area contributed by atoms with Gasteiger partial charge in [-0.3, -0.25) is 0 Å². The van der Waals surface area contributed by atoms with Gasteiger partial charge in [-0.2, -0.15) is 0 Å². The fourth-order valence-corrected chi connectivity index (χ4v) is 11.9. The van der Waals surface area contributed by atoms with E-state index in [4.69, 9.17) is 39.1 Å². The van der Waals surface area contributed by atoms with Crippen LogP contribution >= 0.6 is 0 Å². The molecule has 1 spiro atoms. The van der Waals surface area contributed by atoms with Gasteiger partial charge in [0, 0.05) is 55.3 Å². The quantitative estimate of drug-likeness (QED) is 0.134. The van der Waals surface area contributed by atoms with Gasteiger partial charge in [0.15, 0.2) is 34.9 Å². The topological polar surface area (TPSA) is 99.7 Å². The summed E-state index contributed by atoms with van der Waals surface area (Å²) in [6, 6.07) is 82.3. The van der Waals surface area contributed by atoms with E-state index < -0.39 is 5.41 Å². The van der Waals surface area contributed by atoms with Crippen LogP contribution < -0.4 is 4.74 Å². The van der Waals surface area contributed by atoms with Gasteiger partial charge < -0.3 is 9.15 Å². The van der Waals surface area contributed by atoms with E-state index in [1.807, 2.05) is 133 Å². The molecule has 1 aliphatic heterocycles. The first kappa shape index (κ1) is 46.1. The zero-order valence-corrected chi connectivity index (χ0v) is 43.1. The first-order chi connectivity index (χ1) is 39.1. The number of aromatic nitrogens is 6. The normalized spacial score (nSPS) is 13.9. The van der Waals surface area contributed by atoms with E-state index in [-0.39, 0.29) is 0 Å². The summed E-state index contributed by atoms with van der Waals surface area (Å²) in [5.74, 6) is 5.13. The molecule has 1 aliphatic carbocycles. The Bertz CT molecular complexity index is 4390. The van der Waals surface area contributed by atoms with E-state index in [2.05, 4.69) is 110 Å². The molecule has 0 amide bonds. The molecule has 3 aromatic heterocycles. The highest BCUT2D eigenvalue weighted by molar-refractivity contribution is 6.13. The van der Waals surface area contributed by atoms with E-state index in [0.717, 1.165) is 108 Å². The minimum absolute atomic E-state index is 0.567. The van der Waals surface area contributed by atoms with Gasteiger partial charge >= 0.3 is 0 Å². The maximum atomic E-state index is 7.09. The number of nitrogens with zero attached hydrogens (tertiary/aromatic N) is 6. The van der Waals surface area contributed by atoms with Crippen molar-refractivity contribution in [2.24, 2.45) is 0 Å². The van der Waals surface area contributed by atoms with Crippen molar-refractivity contribution in [2.45, 2.75) is 31.6 Å². The van der Waals surface area contributed by atoms with Crippen molar-refractivity contribution in [3.05, 3.63) is 264 Å². The number of rotatable bonds is 10. The maximum absolute atomic E-state index is 7.09. The molecule has 1 unspecified atom stereocenters. The maximum Gasteiger partial charge on any atom is 0.164 e. The standard InChI is InChI=1S/C71H48N6O2/c1-2-3-19-44-32-36-52-53-37-33-50(49-35-39-60-55(41-49)64-54(28-18-31-62(64)78-60)70-76-67(47-24-12-6-13-25-47)73-68(77-70)48-26-14-7-15-27-48)42-59(53)71(58(52)40-44)56-29-16-17-30-61(56)79-63-43-51(34-38-57(63)71)69-74-65(45-20-8-4-9-21-45)72-66(75-69)46-22-10-5-11-23-46/h4-18,20-43H,2-3,19H2,1H3. The molecule has 0 saturated heterocycles. The van der Waals surface area contributed by atoms with Crippen molar-refractivity contribution in [3.63, 3.8) is 0 Å². The van der Waals surface area contributed by atoms with Gasteiger partial charge in [0.25, 0.3) is 0 Å². The van der Waals surface area contributed by atoms with E-state index in [9.17, 15) is 0 Å². The molecule has 15 rings (SSSR count). The highest BCUT2D eigenvalue weighted by Gasteiger charge is 2.51. The molecule has 0 N–H and O–H groups in total. The smallest absolute Gasteiger partial charge is 0.164 e. The van der Waals surface area contributed by atoms with Crippen LogP contribution in [-0.4, -0.2) is 29.9 Å². The van der Waals surface area contributed by atoms with Crippen LogP contribution in [0.25, 0.3) is 113 Å². The van der Waals surface area contributed by atoms with Gasteiger partial charge in [0.1, 0.15) is 22.7 Å². The van der Waals surface area contributed by atoms with Gasteiger partial charge in [-0.05, 0) is 88.2 Å². The Morgan fingerprint density at radius 1 is 0.342 bits per heavy atom. The van der Waals surface area contributed by atoms with Crippen LogP contribution in [0.5, 0.6) is 11.5 Å². The zero-order valence-electron chi connectivity index (χ0n) is 43.1. The van der Waals surface area contributed by atoms with Crippen molar-refractivity contribution >= 4 is 21.9 Å². The minimum atomic E-state index is -0.736. The van der Waals surface area contributed by atoms with Crippen LogP contribution in [-0.2, 0) is 11.8 Å². The molecule has 4 heterocycles. The third kappa shape index (κ3) is 7.74. The van der Waals surface area contributed by atoms with E-state index in [0.29, 0.717) is 34.9 Å². The number of para-hydroxylation sites is 1. The Morgan fingerprint density at radius 3 is 1.47 bits per heavy atom. The predicted octanol–water partition coefficient (Wildman–Crippen LogP) is 17.4. The first-order valence-corrected chi connectivity index (χ1v) is 27.0. The lowest BCUT2D eigenvalue weighted by Gasteiger charge is -2.39. The lowest BCUT2D eigenvalue weighted by Crippen LogP contribution is -2.32. The Balaban J connectivity index is 0.913. The molecular formula is C71H48N6O2. The van der Waals surface area contributed by atoms with Gasteiger partial charge in [-0.1, -0.05) is 214 Å². The number of hydrogen-bond acceptors (Lipinski definition) is 8. The predicted molar refractivity (Wildman–Crippen MR) is 315 cm³/mol. The molecule has 2 aliphatic rings. The number of furan rings is 1. The third-order valence-corrected chi connectivity index (χ3v) is 15.6. The van der Waals surface area contributed by atoms with E-state index in [1.165, 1.54) is 27.8 Å². The summed E-state index contributed by atoms with van der Waals surface area (Å²) in [7, 11) is 0. The van der Waals surface area contributed by atoms with Crippen molar-refractivity contribution < 1.29 is 9.15 Å². The van der Waals surface area contributed by atoms with Crippen LogP contribution in [0.3, 0.4) is 0 Å². The average Bonchev–Trinajstić information content (AvgIpc) is 4.18. The molecular weight excluding hydrogens is 969 g/mol. The third-order valence-electron chi connectivity index (χ3n) is 15.6. The number of fused-ring (bicyclic) bond motifs is 12. The molecule has 10 aromatic carbocycles. The van der Waals surface area contributed by atoms with Gasteiger partial charge in [-0.25, -0.2) is 29.9 Å². The summed E-state index contributed by atoms with van der Waals surface area (Å²) in [6.45, 7) is 2.26. The summed E-state index contributed by atoms with van der Waals surface area (Å²) in [5.41, 5.74) is 16.6. The molecule has 8 nitrogen and oxygen atoms in total. The minimum Gasteiger partial charge on any atom is -0.457 e. The van der Waals surface area contributed by atoms with Crippen LogP contribution in [0.15, 0.2) is 241 Å². The number of ether oxygens (including phenoxy) is 1. The van der Waals surface area contributed by atoms with E-state index in [1.54, 1.807) is 0 Å². The second kappa shape index (κ2) is 18.8. The van der Waals surface area contributed by atoms with Gasteiger partial charge in [-0.15, -0.1) is 0 Å². The lowest BCUT2D eigenvalue weighted by atomic mass is 9.65. The fraction of sp³-hybridized carbons (Fsp3) is 0.0704. The summed E-state index contributed by atoms with van der Waals surface area (Å²) < 4.78 is 13.8. The number of hydrogen-bond donors (Lipinski definition) is 0. The summed E-state index contributed by atoms with van der Waals surface area (Å²) >= 11 is 0. The average molecular weight is 1020 g/mol. The molecule has 0 fully saturated rings. The van der Waals surface area contributed by atoms with Crippen molar-refractivity contribution in [3.8, 4) is 102 Å². The molecule has 79 heavy (non-hydrogen) atoms. The monoisotopic (exact) mass is 1020 g/mol. The highest BCUT2D eigenvalue weighted by Crippen LogP contribution is 2.63. The molecule has 8 heteroatoms. The van der Waals surface area contributed by atoms with Crippen LogP contribution in [0.2, 0.25) is 0 Å². The molecule has 0 saturated carbocycles. The molecule has 0 bridgehead atoms. The Labute approximate surface area is 456 Å². The number of unbranched alkanes of at least 4 members (excludes halogenated alkanes) is 1. The second-order valence-corrected chi connectivity index (χ2v) is 20.4. The number of aryl methyl sites for hydroxylation is 1. The first-order valence-electron chi connectivity index (χ1n) is 27.0. The molecule has 374 valence electrons. The summed E-state index contributed by atoms with van der Waals surface area (Å²) in [6.07, 6.45) is 3.21. The Kier molecular flexibility index (Phi) is 11.0.